The molecule has 0 saturated carbocycles. The predicted molar refractivity (Wildman–Crippen MR) is 135 cm³/mol. The average Bonchev–Trinajstić information content (AvgIpc) is 2.83. The minimum atomic E-state index is -0.390. The second-order valence-corrected chi connectivity index (χ2v) is 8.20. The zero-order chi connectivity index (χ0) is 23.3. The van der Waals surface area contributed by atoms with Crippen molar-refractivity contribution < 1.29 is 14.3 Å². The fraction of sp³-hybridized carbons (Fsp3) is 0.310. The standard InChI is InChI=1S/C29H33NO3/c1-3-4-5-6-7-8-20-32-27-18-14-25(15-19-27)29(31)33-28-16-12-24(13-17-28)22-30-26-11-9-10-23(2)21-26/h9-19,21-22H,3-8,20H2,1-2H3. The van der Waals surface area contributed by atoms with Crippen LogP contribution in [0, 0.1) is 6.92 Å². The SMILES string of the molecule is CCCCCCCCOc1ccc(C(=O)Oc2ccc(C=Nc3cccc(C)c3)cc2)cc1. The molecule has 0 saturated heterocycles. The molecular weight excluding hydrogens is 410 g/mol. The van der Waals surface area contributed by atoms with Crippen molar-refractivity contribution in [3.8, 4) is 11.5 Å². The van der Waals surface area contributed by atoms with Crippen LogP contribution in [0.2, 0.25) is 0 Å². The molecule has 0 aliphatic heterocycles. The van der Waals surface area contributed by atoms with Gasteiger partial charge in [0.15, 0.2) is 0 Å². The number of esters is 1. The largest absolute Gasteiger partial charge is 0.494 e. The van der Waals surface area contributed by atoms with Crippen LogP contribution in [0.5, 0.6) is 11.5 Å². The first-order chi connectivity index (χ1) is 16.1. The normalized spacial score (nSPS) is 11.0. The van der Waals surface area contributed by atoms with Gasteiger partial charge in [-0.3, -0.25) is 4.99 Å². The van der Waals surface area contributed by atoms with Gasteiger partial charge in [0.25, 0.3) is 0 Å². The average molecular weight is 444 g/mol. The molecule has 0 N–H and O–H groups in total. The quantitative estimate of drug-likeness (QED) is 0.125. The highest BCUT2D eigenvalue weighted by molar-refractivity contribution is 5.91. The topological polar surface area (TPSA) is 47.9 Å². The molecule has 0 fully saturated rings. The molecule has 0 amide bonds. The molecule has 3 aromatic carbocycles. The molecule has 172 valence electrons. The van der Waals surface area contributed by atoms with Gasteiger partial charge in [-0.1, -0.05) is 51.2 Å². The van der Waals surface area contributed by atoms with Crippen LogP contribution in [0.4, 0.5) is 5.69 Å². The van der Waals surface area contributed by atoms with Gasteiger partial charge in [-0.25, -0.2) is 4.79 Å². The van der Waals surface area contributed by atoms with Gasteiger partial charge in [0.05, 0.1) is 17.9 Å². The second-order valence-electron chi connectivity index (χ2n) is 8.20. The summed E-state index contributed by atoms with van der Waals surface area (Å²) in [5.74, 6) is 0.882. The summed E-state index contributed by atoms with van der Waals surface area (Å²) in [5.41, 5.74) is 3.50. The van der Waals surface area contributed by atoms with Gasteiger partial charge < -0.3 is 9.47 Å². The van der Waals surface area contributed by atoms with E-state index in [1.807, 2.05) is 55.5 Å². The van der Waals surface area contributed by atoms with Crippen molar-refractivity contribution in [3.63, 3.8) is 0 Å². The number of carbonyl (C=O) groups excluding carboxylic acids is 1. The summed E-state index contributed by atoms with van der Waals surface area (Å²) in [5, 5.41) is 0. The van der Waals surface area contributed by atoms with Gasteiger partial charge in [0.2, 0.25) is 0 Å². The first-order valence-corrected chi connectivity index (χ1v) is 11.8. The molecule has 0 radical (unpaired) electrons. The van der Waals surface area contributed by atoms with Crippen LogP contribution in [-0.2, 0) is 0 Å². The van der Waals surface area contributed by atoms with E-state index in [0.29, 0.717) is 17.9 Å². The maximum absolute atomic E-state index is 12.4. The van der Waals surface area contributed by atoms with Crippen LogP contribution >= 0.6 is 0 Å². The lowest BCUT2D eigenvalue weighted by Gasteiger charge is -2.08. The van der Waals surface area contributed by atoms with E-state index in [9.17, 15) is 4.79 Å². The number of aryl methyl sites for hydroxylation is 1. The monoisotopic (exact) mass is 443 g/mol. The number of aliphatic imine (C=N–C) groups is 1. The van der Waals surface area contributed by atoms with E-state index in [-0.39, 0.29) is 0 Å². The van der Waals surface area contributed by atoms with Gasteiger partial charge in [0.1, 0.15) is 11.5 Å². The fourth-order valence-electron chi connectivity index (χ4n) is 3.40. The molecule has 4 heteroatoms. The first-order valence-electron chi connectivity index (χ1n) is 11.8. The molecule has 33 heavy (non-hydrogen) atoms. The van der Waals surface area contributed by atoms with Crippen LogP contribution in [0.1, 0.15) is 66.9 Å². The molecule has 3 aromatic rings. The Labute approximate surface area is 197 Å². The van der Waals surface area contributed by atoms with Crippen LogP contribution in [0.15, 0.2) is 77.8 Å². The summed E-state index contributed by atoms with van der Waals surface area (Å²) in [6.07, 6.45) is 9.19. The maximum atomic E-state index is 12.4. The summed E-state index contributed by atoms with van der Waals surface area (Å²) in [6.45, 7) is 4.97. The fourth-order valence-corrected chi connectivity index (χ4v) is 3.40. The Balaban J connectivity index is 1.44. The molecule has 3 rings (SSSR count). The second kappa shape index (κ2) is 13.2. The Bertz CT molecular complexity index is 1020. The third-order valence-corrected chi connectivity index (χ3v) is 5.31. The summed E-state index contributed by atoms with van der Waals surface area (Å²) >= 11 is 0. The number of rotatable bonds is 12. The van der Waals surface area contributed by atoms with Gasteiger partial charge >= 0.3 is 5.97 Å². The van der Waals surface area contributed by atoms with Crippen LogP contribution in [0.3, 0.4) is 0 Å². The Kier molecular flexibility index (Phi) is 9.71. The zero-order valence-electron chi connectivity index (χ0n) is 19.6. The Morgan fingerprint density at radius 1 is 0.848 bits per heavy atom. The summed E-state index contributed by atoms with van der Waals surface area (Å²) in [6, 6.07) is 22.4. The van der Waals surface area contributed by atoms with Crippen LogP contribution in [-0.4, -0.2) is 18.8 Å². The lowest BCUT2D eigenvalue weighted by molar-refractivity contribution is 0.0734. The lowest BCUT2D eigenvalue weighted by atomic mass is 10.1. The highest BCUT2D eigenvalue weighted by Gasteiger charge is 2.09. The maximum Gasteiger partial charge on any atom is 0.343 e. The van der Waals surface area contributed by atoms with E-state index >= 15 is 0 Å². The van der Waals surface area contributed by atoms with Crippen molar-refractivity contribution in [1.29, 1.82) is 0 Å². The van der Waals surface area contributed by atoms with Gasteiger partial charge in [-0.05, 0) is 85.1 Å². The molecule has 0 heterocycles. The van der Waals surface area contributed by atoms with Crippen LogP contribution < -0.4 is 9.47 Å². The van der Waals surface area contributed by atoms with Crippen LogP contribution in [0.25, 0.3) is 0 Å². The van der Waals surface area contributed by atoms with Crippen molar-refractivity contribution >= 4 is 17.9 Å². The van der Waals surface area contributed by atoms with E-state index in [4.69, 9.17) is 9.47 Å². The zero-order valence-corrected chi connectivity index (χ0v) is 19.6. The van der Waals surface area contributed by atoms with E-state index in [2.05, 4.69) is 11.9 Å². The van der Waals surface area contributed by atoms with E-state index in [1.54, 1.807) is 30.5 Å². The number of carbonyl (C=O) groups is 1. The number of hydrogen-bond acceptors (Lipinski definition) is 4. The van der Waals surface area contributed by atoms with Crippen molar-refractivity contribution in [1.82, 2.24) is 0 Å². The first kappa shape index (κ1) is 24.2. The van der Waals surface area contributed by atoms with Crippen molar-refractivity contribution in [2.75, 3.05) is 6.61 Å². The number of unbranched alkanes of at least 4 members (excludes halogenated alkanes) is 5. The molecule has 4 nitrogen and oxygen atoms in total. The van der Waals surface area contributed by atoms with E-state index in [1.165, 1.54) is 37.7 Å². The van der Waals surface area contributed by atoms with Gasteiger partial charge in [0, 0.05) is 6.21 Å². The molecule has 0 atom stereocenters. The summed E-state index contributed by atoms with van der Waals surface area (Å²) in [7, 11) is 0. The van der Waals surface area contributed by atoms with Gasteiger partial charge in [-0.2, -0.15) is 0 Å². The Morgan fingerprint density at radius 2 is 1.55 bits per heavy atom. The van der Waals surface area contributed by atoms with E-state index in [0.717, 1.165) is 23.4 Å². The molecular formula is C29H33NO3. The van der Waals surface area contributed by atoms with E-state index < -0.39 is 5.97 Å². The molecule has 0 aliphatic carbocycles. The minimum absolute atomic E-state index is 0.390. The summed E-state index contributed by atoms with van der Waals surface area (Å²) < 4.78 is 11.3. The van der Waals surface area contributed by atoms with Crippen molar-refractivity contribution in [2.24, 2.45) is 4.99 Å². The highest BCUT2D eigenvalue weighted by Crippen LogP contribution is 2.18. The Hall–Kier alpha value is -3.40. The molecule has 0 unspecified atom stereocenters. The Morgan fingerprint density at radius 3 is 2.27 bits per heavy atom. The third-order valence-electron chi connectivity index (χ3n) is 5.31. The lowest BCUT2D eigenvalue weighted by Crippen LogP contribution is -2.08. The number of ether oxygens (including phenoxy) is 2. The van der Waals surface area contributed by atoms with Crippen molar-refractivity contribution in [3.05, 3.63) is 89.5 Å². The third kappa shape index (κ3) is 8.57. The molecule has 0 spiro atoms. The van der Waals surface area contributed by atoms with Crippen molar-refractivity contribution in [2.45, 2.75) is 52.4 Å². The molecule has 0 aliphatic rings. The smallest absolute Gasteiger partial charge is 0.343 e. The number of nitrogens with zero attached hydrogens (tertiary/aromatic N) is 1. The number of hydrogen-bond donors (Lipinski definition) is 0. The molecule has 0 aromatic heterocycles. The minimum Gasteiger partial charge on any atom is -0.494 e. The summed E-state index contributed by atoms with van der Waals surface area (Å²) in [4.78, 5) is 16.9. The molecule has 0 bridgehead atoms. The predicted octanol–water partition coefficient (Wildman–Crippen LogP) is 7.70. The highest BCUT2D eigenvalue weighted by atomic mass is 16.5. The van der Waals surface area contributed by atoms with Gasteiger partial charge in [-0.15, -0.1) is 0 Å². The number of benzene rings is 3.